The second-order valence-electron chi connectivity index (χ2n) is 3.74. The van der Waals surface area contributed by atoms with Gasteiger partial charge in [0.1, 0.15) is 17.4 Å². The Kier molecular flexibility index (Phi) is 6.95. The van der Waals surface area contributed by atoms with Gasteiger partial charge in [-0.05, 0) is 13.0 Å². The molecule has 0 fully saturated rings. The number of rotatable bonds is 6. The van der Waals surface area contributed by atoms with Crippen molar-refractivity contribution in [2.45, 2.75) is 23.4 Å². The summed E-state index contributed by atoms with van der Waals surface area (Å²) in [5, 5.41) is 2.35. The van der Waals surface area contributed by atoms with Crippen molar-refractivity contribution in [3.8, 4) is 0 Å². The number of esters is 1. The number of aromatic nitrogens is 1. The molecule has 1 heterocycles. The third-order valence-corrected chi connectivity index (χ3v) is 3.71. The molecule has 1 aromatic rings. The summed E-state index contributed by atoms with van der Waals surface area (Å²) in [6.45, 7) is 1.77. The molecular weight excluding hydrogens is 345 g/mol. The minimum Gasteiger partial charge on any atom is -0.465 e. The summed E-state index contributed by atoms with van der Waals surface area (Å²) in [5.41, 5.74) is -0.972. The van der Waals surface area contributed by atoms with Gasteiger partial charge in [0.15, 0.2) is 0 Å². The summed E-state index contributed by atoms with van der Waals surface area (Å²) in [6, 6.07) is 0.743. The molecule has 0 amide bonds. The van der Waals surface area contributed by atoms with Gasteiger partial charge in [0.05, 0.1) is 23.4 Å². The Labute approximate surface area is 133 Å². The summed E-state index contributed by atoms with van der Waals surface area (Å²) >= 11 is 6.59. The lowest BCUT2D eigenvalue weighted by molar-refractivity contribution is -0.141. The second kappa shape index (κ2) is 8.23. The molecule has 0 aliphatic carbocycles. The van der Waals surface area contributed by atoms with Crippen LogP contribution in [-0.2, 0) is 20.5 Å². The molecule has 0 saturated heterocycles. The third kappa shape index (κ3) is 5.38. The van der Waals surface area contributed by atoms with Crippen LogP contribution in [0.5, 0.6) is 0 Å². The number of halogens is 4. The Morgan fingerprint density at radius 2 is 2.27 bits per heavy atom. The average molecular weight is 357 g/mol. The molecule has 1 aromatic heterocycles. The number of pyridine rings is 1. The molecule has 122 valence electrons. The Morgan fingerprint density at radius 1 is 1.59 bits per heavy atom. The van der Waals surface area contributed by atoms with Crippen LogP contribution in [0.25, 0.3) is 0 Å². The van der Waals surface area contributed by atoms with Crippen LogP contribution in [0.2, 0.25) is 5.02 Å². The van der Waals surface area contributed by atoms with Crippen LogP contribution >= 0.6 is 23.4 Å². The van der Waals surface area contributed by atoms with Gasteiger partial charge >= 0.3 is 12.1 Å². The van der Waals surface area contributed by atoms with Gasteiger partial charge in [-0.3, -0.25) is 4.79 Å². The quantitative estimate of drug-likeness (QED) is 0.338. The number of ether oxygens (including phenoxy) is 1. The van der Waals surface area contributed by atoms with Crippen LogP contribution < -0.4 is 0 Å². The maximum atomic E-state index is 12.5. The Bertz CT molecular complexity index is 555. The predicted molar refractivity (Wildman–Crippen MR) is 76.0 cm³/mol. The van der Waals surface area contributed by atoms with E-state index >= 15 is 0 Å². The molecule has 0 N–H and O–H groups in total. The first kappa shape index (κ1) is 18.6. The van der Waals surface area contributed by atoms with E-state index in [9.17, 15) is 18.0 Å². The zero-order chi connectivity index (χ0) is 16.8. The number of alkyl halides is 3. The zero-order valence-corrected chi connectivity index (χ0v) is 13.1. The first-order valence-electron chi connectivity index (χ1n) is 5.92. The maximum Gasteiger partial charge on any atom is 0.417 e. The van der Waals surface area contributed by atoms with Crippen LogP contribution in [0.15, 0.2) is 22.4 Å². The first-order chi connectivity index (χ1) is 10.3. The van der Waals surface area contributed by atoms with Gasteiger partial charge in [-0.2, -0.15) is 13.2 Å². The van der Waals surface area contributed by atoms with Crippen molar-refractivity contribution in [1.82, 2.24) is 4.98 Å². The van der Waals surface area contributed by atoms with Crippen molar-refractivity contribution < 1.29 is 27.5 Å². The highest BCUT2D eigenvalue weighted by atomic mass is 35.5. The smallest absolute Gasteiger partial charge is 0.417 e. The van der Waals surface area contributed by atoms with Crippen LogP contribution in [0.1, 0.15) is 12.5 Å². The summed E-state index contributed by atoms with van der Waals surface area (Å²) in [7, 11) is 1.28. The molecule has 22 heavy (non-hydrogen) atoms. The van der Waals surface area contributed by atoms with Crippen molar-refractivity contribution in [1.29, 1.82) is 0 Å². The highest BCUT2D eigenvalue weighted by Crippen LogP contribution is 2.34. The summed E-state index contributed by atoms with van der Waals surface area (Å²) in [4.78, 5) is 19.9. The lowest BCUT2D eigenvalue weighted by atomic mass is 10.3. The van der Waals surface area contributed by atoms with E-state index in [1.165, 1.54) is 7.11 Å². The largest absolute Gasteiger partial charge is 0.465 e. The molecule has 0 spiro atoms. The monoisotopic (exact) mass is 356 g/mol. The van der Waals surface area contributed by atoms with E-state index in [4.69, 9.17) is 16.3 Å². The molecule has 0 aliphatic heterocycles. The molecular formula is C12H12ClF3N2O3S. The third-order valence-electron chi connectivity index (χ3n) is 2.19. The van der Waals surface area contributed by atoms with Gasteiger partial charge in [-0.1, -0.05) is 28.5 Å². The van der Waals surface area contributed by atoms with E-state index in [1.54, 1.807) is 6.92 Å². The first-order valence-corrected chi connectivity index (χ1v) is 7.18. The zero-order valence-electron chi connectivity index (χ0n) is 11.6. The minimum absolute atomic E-state index is 0.0512. The Hall–Kier alpha value is -1.48. The molecule has 0 aromatic carbocycles. The van der Waals surface area contributed by atoms with Gasteiger partial charge in [0.2, 0.25) is 0 Å². The number of carbonyl (C=O) groups excluding carboxylic acids is 1. The number of nitrogens with zero attached hydrogens (tertiary/aromatic N) is 2. The van der Waals surface area contributed by atoms with Gasteiger partial charge in [-0.15, -0.1) is 0 Å². The fraction of sp³-hybridized carbons (Fsp3) is 0.417. The van der Waals surface area contributed by atoms with Crippen molar-refractivity contribution in [2.75, 3.05) is 13.7 Å². The van der Waals surface area contributed by atoms with E-state index in [0.717, 1.165) is 24.0 Å². The van der Waals surface area contributed by atoms with Gasteiger partial charge < -0.3 is 9.57 Å². The SMILES string of the molecule is CCOC(=O)[C@H](/C=N\OC)Sc1ncc(C(F)(F)F)cc1Cl. The van der Waals surface area contributed by atoms with Crippen molar-refractivity contribution in [3.63, 3.8) is 0 Å². The van der Waals surface area contributed by atoms with E-state index in [2.05, 4.69) is 15.0 Å². The second-order valence-corrected chi connectivity index (χ2v) is 5.27. The normalized spacial score (nSPS) is 13.2. The Balaban J connectivity index is 2.98. The number of oxime groups is 1. The molecule has 5 nitrogen and oxygen atoms in total. The van der Waals surface area contributed by atoms with E-state index in [1.807, 2.05) is 0 Å². The number of carbonyl (C=O) groups is 1. The molecule has 0 bridgehead atoms. The molecule has 1 atom stereocenters. The fourth-order valence-electron chi connectivity index (χ4n) is 1.27. The molecule has 0 radical (unpaired) electrons. The topological polar surface area (TPSA) is 60.8 Å². The molecule has 0 aliphatic rings. The van der Waals surface area contributed by atoms with E-state index < -0.39 is 23.0 Å². The fourth-order valence-corrected chi connectivity index (χ4v) is 2.37. The van der Waals surface area contributed by atoms with Crippen molar-refractivity contribution in [2.24, 2.45) is 5.16 Å². The van der Waals surface area contributed by atoms with Crippen molar-refractivity contribution in [3.05, 3.63) is 22.8 Å². The lowest BCUT2D eigenvalue weighted by Gasteiger charge is -2.12. The van der Waals surface area contributed by atoms with Crippen LogP contribution in [0, 0.1) is 0 Å². The number of hydrogen-bond acceptors (Lipinski definition) is 6. The molecule has 0 saturated carbocycles. The minimum atomic E-state index is -4.54. The van der Waals surface area contributed by atoms with E-state index in [-0.39, 0.29) is 16.7 Å². The summed E-state index contributed by atoms with van der Waals surface area (Å²) in [6.07, 6.45) is -2.75. The average Bonchev–Trinajstić information content (AvgIpc) is 2.44. The maximum absolute atomic E-state index is 12.5. The van der Waals surface area contributed by atoms with Crippen LogP contribution in [0.4, 0.5) is 13.2 Å². The number of thioether (sulfide) groups is 1. The molecule has 1 rings (SSSR count). The molecule has 10 heteroatoms. The molecule has 0 unspecified atom stereocenters. The van der Waals surface area contributed by atoms with E-state index in [0.29, 0.717) is 6.20 Å². The summed E-state index contributed by atoms with van der Waals surface area (Å²) < 4.78 is 42.5. The number of hydrogen-bond donors (Lipinski definition) is 0. The lowest BCUT2D eigenvalue weighted by Crippen LogP contribution is -2.22. The standard InChI is InChI=1S/C12H12ClF3N2O3S/c1-3-21-11(19)9(6-18-20-2)22-10-8(13)4-7(5-17-10)12(14,15)16/h4-6,9H,3H2,1-2H3/b18-6-/t9-/m0/s1. The highest BCUT2D eigenvalue weighted by Gasteiger charge is 2.32. The Morgan fingerprint density at radius 3 is 2.77 bits per heavy atom. The van der Waals surface area contributed by atoms with Crippen molar-refractivity contribution >= 4 is 35.5 Å². The van der Waals surface area contributed by atoms with Gasteiger partial charge in [-0.25, -0.2) is 4.98 Å². The van der Waals surface area contributed by atoms with Crippen LogP contribution in [-0.4, -0.2) is 36.1 Å². The van der Waals surface area contributed by atoms with Gasteiger partial charge in [0, 0.05) is 6.20 Å². The van der Waals surface area contributed by atoms with Gasteiger partial charge in [0.25, 0.3) is 0 Å². The highest BCUT2D eigenvalue weighted by molar-refractivity contribution is 8.01. The van der Waals surface area contributed by atoms with Crippen LogP contribution in [0.3, 0.4) is 0 Å². The summed E-state index contributed by atoms with van der Waals surface area (Å²) in [5.74, 6) is -0.633. The predicted octanol–water partition coefficient (Wildman–Crippen LogP) is 3.41.